The summed E-state index contributed by atoms with van der Waals surface area (Å²) in [5.41, 5.74) is 0.950. The van der Waals surface area contributed by atoms with E-state index in [9.17, 15) is 9.59 Å². The maximum atomic E-state index is 12.2. The monoisotopic (exact) mass is 343 g/mol. The summed E-state index contributed by atoms with van der Waals surface area (Å²) in [4.78, 5) is 24.3. The molecule has 1 saturated heterocycles. The molecule has 2 heterocycles. The quantitative estimate of drug-likeness (QED) is 0.853. The fourth-order valence-corrected chi connectivity index (χ4v) is 2.76. The van der Waals surface area contributed by atoms with Gasteiger partial charge in [0.25, 0.3) is 5.56 Å². The Kier molecular flexibility index (Phi) is 5.45. The number of hydrogen-bond acceptors (Lipinski definition) is 5. The Morgan fingerprint density at radius 3 is 2.88 bits per heavy atom. The number of amides is 1. The van der Waals surface area contributed by atoms with Crippen LogP contribution in [0.1, 0.15) is 12.8 Å². The Balaban J connectivity index is 1.76. The minimum Gasteiger partial charge on any atom is -0.494 e. The molecule has 1 N–H and O–H groups in total. The number of carbonyl (C=O) groups is 1. The standard InChI is InChI=1S/C18H21N3O4/c1-24-15-10-17(23)21(20-18(15)13-6-3-2-4-7-13)12-16(22)19-11-14-8-5-9-25-14/h2-4,6-7,10,14H,5,8-9,11-12H2,1H3,(H,19,22). The van der Waals surface area contributed by atoms with Crippen LogP contribution in [0.25, 0.3) is 11.3 Å². The average molecular weight is 343 g/mol. The van der Waals surface area contributed by atoms with Crippen LogP contribution in [-0.2, 0) is 16.1 Å². The van der Waals surface area contributed by atoms with E-state index < -0.39 is 0 Å². The van der Waals surface area contributed by atoms with E-state index in [1.54, 1.807) is 0 Å². The molecule has 0 radical (unpaired) electrons. The van der Waals surface area contributed by atoms with Gasteiger partial charge in [-0.1, -0.05) is 30.3 Å². The first-order valence-corrected chi connectivity index (χ1v) is 8.27. The van der Waals surface area contributed by atoms with Crippen molar-refractivity contribution in [3.8, 4) is 17.0 Å². The number of ether oxygens (including phenoxy) is 2. The van der Waals surface area contributed by atoms with Gasteiger partial charge in [0.15, 0.2) is 5.75 Å². The van der Waals surface area contributed by atoms with Gasteiger partial charge in [0.1, 0.15) is 12.2 Å². The number of carbonyl (C=O) groups excluding carboxylic acids is 1. The lowest BCUT2D eigenvalue weighted by atomic mass is 10.1. The molecule has 1 unspecified atom stereocenters. The summed E-state index contributed by atoms with van der Waals surface area (Å²) < 4.78 is 11.9. The predicted octanol–water partition coefficient (Wildman–Crippen LogP) is 1.21. The van der Waals surface area contributed by atoms with Gasteiger partial charge >= 0.3 is 0 Å². The molecule has 2 aromatic rings. The van der Waals surface area contributed by atoms with Crippen LogP contribution in [0.5, 0.6) is 5.75 Å². The zero-order valence-electron chi connectivity index (χ0n) is 14.1. The molecule has 3 rings (SSSR count). The summed E-state index contributed by atoms with van der Waals surface area (Å²) in [7, 11) is 1.49. The topological polar surface area (TPSA) is 82.5 Å². The molecule has 0 saturated carbocycles. The third-order valence-electron chi connectivity index (χ3n) is 4.07. The molecule has 0 aliphatic carbocycles. The molecule has 1 atom stereocenters. The van der Waals surface area contributed by atoms with Gasteiger partial charge in [-0.3, -0.25) is 9.59 Å². The van der Waals surface area contributed by atoms with Gasteiger partial charge in [-0.05, 0) is 12.8 Å². The van der Waals surface area contributed by atoms with Crippen LogP contribution in [0, 0.1) is 0 Å². The van der Waals surface area contributed by atoms with Crippen molar-refractivity contribution in [1.29, 1.82) is 0 Å². The molecule has 1 amide bonds. The summed E-state index contributed by atoms with van der Waals surface area (Å²) in [5, 5.41) is 7.11. The summed E-state index contributed by atoms with van der Waals surface area (Å²) in [6.07, 6.45) is 2.02. The molecule has 1 aromatic carbocycles. The van der Waals surface area contributed by atoms with E-state index >= 15 is 0 Å². The summed E-state index contributed by atoms with van der Waals surface area (Å²) in [6.45, 7) is 1.05. The number of benzene rings is 1. The minimum atomic E-state index is -0.385. The Labute approximate surface area is 145 Å². The van der Waals surface area contributed by atoms with Crippen LogP contribution in [-0.4, -0.2) is 42.1 Å². The first-order chi connectivity index (χ1) is 12.2. The lowest BCUT2D eigenvalue weighted by molar-refractivity contribution is -0.122. The van der Waals surface area contributed by atoms with Crippen LogP contribution in [0.4, 0.5) is 0 Å². The number of aromatic nitrogens is 2. The summed E-state index contributed by atoms with van der Waals surface area (Å²) in [6, 6.07) is 10.7. The van der Waals surface area contributed by atoms with Gasteiger partial charge in [0.05, 0.1) is 13.2 Å². The van der Waals surface area contributed by atoms with Crippen molar-refractivity contribution in [2.45, 2.75) is 25.5 Å². The van der Waals surface area contributed by atoms with Crippen molar-refractivity contribution in [2.24, 2.45) is 0 Å². The van der Waals surface area contributed by atoms with Crippen molar-refractivity contribution < 1.29 is 14.3 Å². The highest BCUT2D eigenvalue weighted by atomic mass is 16.5. The van der Waals surface area contributed by atoms with Crippen molar-refractivity contribution >= 4 is 5.91 Å². The van der Waals surface area contributed by atoms with Crippen molar-refractivity contribution in [2.75, 3.05) is 20.3 Å². The Hall–Kier alpha value is -2.67. The van der Waals surface area contributed by atoms with E-state index in [2.05, 4.69) is 10.4 Å². The highest BCUT2D eigenvalue weighted by molar-refractivity contribution is 5.75. The molecular formula is C18H21N3O4. The number of nitrogens with one attached hydrogen (secondary N) is 1. The number of rotatable bonds is 6. The van der Waals surface area contributed by atoms with Crippen LogP contribution >= 0.6 is 0 Å². The Morgan fingerprint density at radius 2 is 2.20 bits per heavy atom. The lowest BCUT2D eigenvalue weighted by Crippen LogP contribution is -2.37. The number of hydrogen-bond donors (Lipinski definition) is 1. The first-order valence-electron chi connectivity index (χ1n) is 8.27. The zero-order valence-corrected chi connectivity index (χ0v) is 14.1. The van der Waals surface area contributed by atoms with E-state index in [1.165, 1.54) is 13.2 Å². The second-order valence-corrected chi connectivity index (χ2v) is 5.86. The fraction of sp³-hybridized carbons (Fsp3) is 0.389. The first kappa shape index (κ1) is 17.2. The predicted molar refractivity (Wildman–Crippen MR) is 92.5 cm³/mol. The van der Waals surface area contributed by atoms with Crippen LogP contribution in [0.3, 0.4) is 0 Å². The maximum absolute atomic E-state index is 12.2. The normalized spacial score (nSPS) is 16.6. The molecule has 0 bridgehead atoms. The van der Waals surface area contributed by atoms with Crippen molar-refractivity contribution in [3.63, 3.8) is 0 Å². The largest absolute Gasteiger partial charge is 0.494 e. The summed E-state index contributed by atoms with van der Waals surface area (Å²) in [5.74, 6) is 0.112. The van der Waals surface area contributed by atoms with Gasteiger partial charge < -0.3 is 14.8 Å². The van der Waals surface area contributed by atoms with Crippen LogP contribution in [0.15, 0.2) is 41.2 Å². The fourth-order valence-electron chi connectivity index (χ4n) is 2.76. The Morgan fingerprint density at radius 1 is 1.40 bits per heavy atom. The third kappa shape index (κ3) is 4.24. The molecule has 0 spiro atoms. The smallest absolute Gasteiger partial charge is 0.270 e. The molecular weight excluding hydrogens is 322 g/mol. The van der Waals surface area contributed by atoms with Gasteiger partial charge in [0, 0.05) is 24.8 Å². The molecule has 1 aliphatic heterocycles. The molecule has 7 heteroatoms. The van der Waals surface area contributed by atoms with E-state index in [0.29, 0.717) is 18.0 Å². The van der Waals surface area contributed by atoms with E-state index in [0.717, 1.165) is 29.7 Å². The zero-order chi connectivity index (χ0) is 17.6. The third-order valence-corrected chi connectivity index (χ3v) is 4.07. The van der Waals surface area contributed by atoms with Gasteiger partial charge in [0.2, 0.25) is 5.91 Å². The number of nitrogens with zero attached hydrogens (tertiary/aromatic N) is 2. The van der Waals surface area contributed by atoms with Crippen LogP contribution < -0.4 is 15.6 Å². The van der Waals surface area contributed by atoms with Crippen LogP contribution in [0.2, 0.25) is 0 Å². The summed E-state index contributed by atoms with van der Waals surface area (Å²) >= 11 is 0. The highest BCUT2D eigenvalue weighted by Gasteiger charge is 2.17. The van der Waals surface area contributed by atoms with Gasteiger partial charge in [-0.25, -0.2) is 4.68 Å². The minimum absolute atomic E-state index is 0.0596. The highest BCUT2D eigenvalue weighted by Crippen LogP contribution is 2.25. The van der Waals surface area contributed by atoms with Crippen molar-refractivity contribution in [1.82, 2.24) is 15.1 Å². The van der Waals surface area contributed by atoms with E-state index in [-0.39, 0.29) is 24.1 Å². The average Bonchev–Trinajstić information content (AvgIpc) is 3.15. The number of methoxy groups -OCH3 is 1. The van der Waals surface area contributed by atoms with E-state index in [4.69, 9.17) is 9.47 Å². The second kappa shape index (κ2) is 7.94. The second-order valence-electron chi connectivity index (χ2n) is 5.86. The molecule has 25 heavy (non-hydrogen) atoms. The molecule has 1 aromatic heterocycles. The molecule has 7 nitrogen and oxygen atoms in total. The molecule has 1 aliphatic rings. The van der Waals surface area contributed by atoms with Crippen molar-refractivity contribution in [3.05, 3.63) is 46.8 Å². The Bertz CT molecular complexity index is 783. The maximum Gasteiger partial charge on any atom is 0.270 e. The molecule has 132 valence electrons. The van der Waals surface area contributed by atoms with Gasteiger partial charge in [-0.15, -0.1) is 0 Å². The van der Waals surface area contributed by atoms with E-state index in [1.807, 2.05) is 30.3 Å². The SMILES string of the molecule is COc1cc(=O)n(CC(=O)NCC2CCCO2)nc1-c1ccccc1. The van der Waals surface area contributed by atoms with Gasteiger partial charge in [-0.2, -0.15) is 5.10 Å². The molecule has 1 fully saturated rings. The lowest BCUT2D eigenvalue weighted by Gasteiger charge is -2.13.